The number of likely N-dealkylation sites (tertiary alicyclic amines) is 1. The molecule has 3 N–H and O–H groups in total. The first-order valence-electron chi connectivity index (χ1n) is 15.2. The molecule has 9 nitrogen and oxygen atoms in total. The van der Waals surface area contributed by atoms with Crippen molar-refractivity contribution in [2.45, 2.75) is 56.2 Å². The van der Waals surface area contributed by atoms with Crippen LogP contribution in [0, 0.1) is 11.7 Å². The summed E-state index contributed by atoms with van der Waals surface area (Å²) in [4.78, 5) is 42.9. The molecule has 256 valence electrons. The fourth-order valence-corrected chi connectivity index (χ4v) is 5.79. The molecule has 0 unspecified atom stereocenters. The fraction of sp³-hybridized carbons (Fsp3) is 0.516. The second-order valence-electron chi connectivity index (χ2n) is 12.2. The molecule has 3 fully saturated rings. The van der Waals surface area contributed by atoms with E-state index in [9.17, 15) is 50.2 Å². The molecule has 1 atom stereocenters. The quantitative estimate of drug-likeness (QED) is 0.355. The summed E-state index contributed by atoms with van der Waals surface area (Å²) < 4.78 is 93.7. The number of benzene rings is 2. The van der Waals surface area contributed by atoms with Gasteiger partial charge in [-0.05, 0) is 48.9 Å². The number of piperazine rings is 1. The van der Waals surface area contributed by atoms with E-state index in [1.54, 1.807) is 4.90 Å². The number of hydrogen-bond acceptors (Lipinski definition) is 5. The molecule has 5 rings (SSSR count). The average molecular weight is 674 g/mol. The Balaban J connectivity index is 1.09. The van der Waals surface area contributed by atoms with E-state index in [-0.39, 0.29) is 42.8 Å². The van der Waals surface area contributed by atoms with Crippen LogP contribution >= 0.6 is 0 Å². The third-order valence-corrected chi connectivity index (χ3v) is 8.76. The average Bonchev–Trinajstić information content (AvgIpc) is 3.70. The maximum absolute atomic E-state index is 14.9. The van der Waals surface area contributed by atoms with Crippen LogP contribution in [0.25, 0.3) is 0 Å². The maximum atomic E-state index is 14.9. The van der Waals surface area contributed by atoms with E-state index in [0.717, 1.165) is 31.0 Å². The van der Waals surface area contributed by atoms with Crippen molar-refractivity contribution in [1.29, 1.82) is 0 Å². The molecule has 16 heteroatoms. The van der Waals surface area contributed by atoms with Crippen LogP contribution in [0.5, 0.6) is 0 Å². The Hall–Kier alpha value is -3.92. The SMILES string of the molecule is O=C(Nc1ccc(C(=O)N2CCN(Cc3ccc(C(O)(C(F)(F)F)C(F)(F)F)cc3)CC2)cc1F)N[C@@H]1CCN(C(=O)CC2CC2)C1. The fourth-order valence-electron chi connectivity index (χ4n) is 5.79. The molecule has 4 amide bonds. The number of nitrogens with one attached hydrogen (secondary N) is 2. The predicted molar refractivity (Wildman–Crippen MR) is 155 cm³/mol. The van der Waals surface area contributed by atoms with Gasteiger partial charge in [0.15, 0.2) is 0 Å². The van der Waals surface area contributed by atoms with E-state index in [2.05, 4.69) is 10.6 Å². The minimum absolute atomic E-state index is 0.0555. The Morgan fingerprint density at radius 2 is 1.47 bits per heavy atom. The Morgan fingerprint density at radius 1 is 0.830 bits per heavy atom. The lowest BCUT2D eigenvalue weighted by Crippen LogP contribution is -2.53. The van der Waals surface area contributed by atoms with Crippen molar-refractivity contribution in [2.75, 3.05) is 44.6 Å². The number of alkyl halides is 6. The number of halogens is 7. The summed E-state index contributed by atoms with van der Waals surface area (Å²) in [7, 11) is 0. The van der Waals surface area contributed by atoms with E-state index in [1.165, 1.54) is 17.0 Å². The number of hydrogen-bond donors (Lipinski definition) is 3. The van der Waals surface area contributed by atoms with Gasteiger partial charge in [0.05, 0.1) is 5.69 Å². The van der Waals surface area contributed by atoms with Gasteiger partial charge >= 0.3 is 18.4 Å². The summed E-state index contributed by atoms with van der Waals surface area (Å²) in [6.07, 6.45) is -8.68. The summed E-state index contributed by atoms with van der Waals surface area (Å²) in [5.74, 6) is -0.725. The number of rotatable bonds is 8. The first kappa shape index (κ1) is 34.4. The third kappa shape index (κ3) is 7.80. The standard InChI is InChI=1S/C31H34F7N5O4/c32-24-16-21(5-8-25(24)40-28(46)39-23-9-10-43(18-23)26(44)15-19-1-2-19)27(45)42-13-11-41(12-14-42)17-20-3-6-22(7-4-20)29(47,30(33,34)35)31(36,37)38/h3-8,16,19,23,47H,1-2,9-15,17-18H2,(H2,39,40,46)/t23-/m1/s1. The Kier molecular flexibility index (Phi) is 9.74. The van der Waals surface area contributed by atoms with Gasteiger partial charge < -0.3 is 25.5 Å². The zero-order valence-electron chi connectivity index (χ0n) is 25.1. The first-order valence-corrected chi connectivity index (χ1v) is 15.2. The molecule has 2 heterocycles. The Bertz CT molecular complexity index is 1460. The summed E-state index contributed by atoms with van der Waals surface area (Å²) >= 11 is 0. The van der Waals surface area contributed by atoms with E-state index < -0.39 is 41.3 Å². The number of carbonyl (C=O) groups excluding carboxylic acids is 3. The monoisotopic (exact) mass is 673 g/mol. The molecular weight excluding hydrogens is 639 g/mol. The second-order valence-corrected chi connectivity index (χ2v) is 12.2. The number of nitrogens with zero attached hydrogens (tertiary/aromatic N) is 3. The number of carbonyl (C=O) groups is 3. The van der Waals surface area contributed by atoms with Crippen LogP contribution in [-0.4, -0.2) is 95.3 Å². The molecule has 2 aliphatic heterocycles. The summed E-state index contributed by atoms with van der Waals surface area (Å²) in [6, 6.07) is 6.12. The summed E-state index contributed by atoms with van der Waals surface area (Å²) in [5.41, 5.74) is -6.01. The number of urea groups is 1. The van der Waals surface area contributed by atoms with Crippen LogP contribution in [0.4, 0.5) is 41.2 Å². The van der Waals surface area contributed by atoms with Crippen LogP contribution in [0.15, 0.2) is 42.5 Å². The molecule has 0 radical (unpaired) electrons. The zero-order valence-corrected chi connectivity index (χ0v) is 25.1. The van der Waals surface area contributed by atoms with Crippen LogP contribution in [0.2, 0.25) is 0 Å². The Morgan fingerprint density at radius 3 is 2.04 bits per heavy atom. The van der Waals surface area contributed by atoms with Crippen molar-refractivity contribution in [3.05, 3.63) is 65.0 Å². The topological polar surface area (TPSA) is 105 Å². The largest absolute Gasteiger partial charge is 0.430 e. The molecule has 2 saturated heterocycles. The van der Waals surface area contributed by atoms with Gasteiger partial charge in [0.2, 0.25) is 5.91 Å². The highest BCUT2D eigenvalue weighted by Gasteiger charge is 2.71. The van der Waals surface area contributed by atoms with Crippen molar-refractivity contribution in [3.63, 3.8) is 0 Å². The summed E-state index contributed by atoms with van der Waals surface area (Å²) in [6.45, 7) is 2.22. The van der Waals surface area contributed by atoms with E-state index in [1.807, 2.05) is 4.90 Å². The highest BCUT2D eigenvalue weighted by Crippen LogP contribution is 2.50. The van der Waals surface area contributed by atoms with Gasteiger partial charge in [-0.1, -0.05) is 24.3 Å². The number of amides is 4. The van der Waals surface area contributed by atoms with Crippen LogP contribution < -0.4 is 10.6 Å². The van der Waals surface area contributed by atoms with E-state index in [4.69, 9.17) is 0 Å². The lowest BCUT2D eigenvalue weighted by Gasteiger charge is -2.35. The lowest BCUT2D eigenvalue weighted by atomic mass is 9.91. The zero-order chi connectivity index (χ0) is 34.1. The first-order chi connectivity index (χ1) is 22.0. The molecule has 2 aromatic rings. The van der Waals surface area contributed by atoms with Gasteiger partial charge in [-0.25, -0.2) is 9.18 Å². The Labute approximate surface area is 265 Å². The highest BCUT2D eigenvalue weighted by molar-refractivity contribution is 5.96. The normalized spacial score (nSPS) is 19.5. The third-order valence-electron chi connectivity index (χ3n) is 8.76. The molecule has 47 heavy (non-hydrogen) atoms. The van der Waals surface area contributed by atoms with E-state index >= 15 is 0 Å². The molecule has 0 spiro atoms. The van der Waals surface area contributed by atoms with Crippen LogP contribution in [0.3, 0.4) is 0 Å². The molecule has 0 aromatic heterocycles. The molecule has 0 bridgehead atoms. The molecule has 3 aliphatic rings. The van der Waals surface area contributed by atoms with Crippen molar-refractivity contribution in [1.82, 2.24) is 20.0 Å². The van der Waals surface area contributed by atoms with Gasteiger partial charge in [-0.15, -0.1) is 0 Å². The molecule has 2 aromatic carbocycles. The van der Waals surface area contributed by atoms with Gasteiger partial charge in [0, 0.05) is 69.4 Å². The minimum Gasteiger partial charge on any atom is -0.369 e. The van der Waals surface area contributed by atoms with Crippen LogP contribution in [-0.2, 0) is 16.9 Å². The van der Waals surface area contributed by atoms with Crippen molar-refractivity contribution < 1.29 is 50.2 Å². The van der Waals surface area contributed by atoms with Crippen molar-refractivity contribution in [2.24, 2.45) is 5.92 Å². The summed E-state index contributed by atoms with van der Waals surface area (Å²) in [5, 5.41) is 14.7. The van der Waals surface area contributed by atoms with Crippen LogP contribution in [0.1, 0.15) is 47.2 Å². The molecule has 1 aliphatic carbocycles. The number of aliphatic hydroxyl groups is 1. The lowest BCUT2D eigenvalue weighted by molar-refractivity contribution is -0.376. The van der Waals surface area contributed by atoms with Gasteiger partial charge in [0.1, 0.15) is 5.82 Å². The smallest absolute Gasteiger partial charge is 0.369 e. The predicted octanol–water partition coefficient (Wildman–Crippen LogP) is 4.62. The van der Waals surface area contributed by atoms with Crippen molar-refractivity contribution >= 4 is 23.5 Å². The number of anilines is 1. The molecule has 1 saturated carbocycles. The van der Waals surface area contributed by atoms with E-state index in [0.29, 0.717) is 62.6 Å². The minimum atomic E-state index is -5.97. The second kappa shape index (κ2) is 13.3. The van der Waals surface area contributed by atoms with Crippen molar-refractivity contribution in [3.8, 4) is 0 Å². The molecular formula is C31H34F7N5O4. The van der Waals surface area contributed by atoms with Gasteiger partial charge in [0.25, 0.3) is 11.5 Å². The maximum Gasteiger partial charge on any atom is 0.430 e. The van der Waals surface area contributed by atoms with Gasteiger partial charge in [-0.2, -0.15) is 26.3 Å². The highest BCUT2D eigenvalue weighted by atomic mass is 19.4. The van der Waals surface area contributed by atoms with Gasteiger partial charge in [-0.3, -0.25) is 14.5 Å².